The van der Waals surface area contributed by atoms with E-state index in [9.17, 15) is 4.79 Å². The molecule has 0 aliphatic heterocycles. The van der Waals surface area contributed by atoms with Gasteiger partial charge in [0, 0.05) is 11.8 Å². The lowest BCUT2D eigenvalue weighted by Gasteiger charge is -2.18. The van der Waals surface area contributed by atoms with E-state index in [0.717, 1.165) is 17.8 Å². The molecular formula is C14H23N3OS. The Kier molecular flexibility index (Phi) is 5.31. The van der Waals surface area contributed by atoms with Gasteiger partial charge in [0.1, 0.15) is 5.01 Å². The highest BCUT2D eigenvalue weighted by Gasteiger charge is 2.21. The fraction of sp³-hybridized carbons (Fsp3) is 0.786. The largest absolute Gasteiger partial charge is 0.300 e. The van der Waals surface area contributed by atoms with Crippen LogP contribution in [0.3, 0.4) is 0 Å². The monoisotopic (exact) mass is 281 g/mol. The van der Waals surface area contributed by atoms with Crippen molar-refractivity contribution in [3.63, 3.8) is 0 Å². The molecule has 106 valence electrons. The Morgan fingerprint density at radius 3 is 2.79 bits per heavy atom. The summed E-state index contributed by atoms with van der Waals surface area (Å²) in [6.07, 6.45) is 8.30. The highest BCUT2D eigenvalue weighted by molar-refractivity contribution is 7.15. The summed E-state index contributed by atoms with van der Waals surface area (Å²) in [6, 6.07) is 0. The van der Waals surface area contributed by atoms with Crippen LogP contribution in [0.15, 0.2) is 0 Å². The van der Waals surface area contributed by atoms with Gasteiger partial charge in [-0.15, -0.1) is 10.2 Å². The summed E-state index contributed by atoms with van der Waals surface area (Å²) in [4.78, 5) is 11.9. The molecule has 1 saturated carbocycles. The molecule has 0 spiro atoms. The summed E-state index contributed by atoms with van der Waals surface area (Å²) in [6.45, 7) is 4.05. The maximum atomic E-state index is 11.9. The van der Waals surface area contributed by atoms with Gasteiger partial charge in [-0.1, -0.05) is 50.9 Å². The van der Waals surface area contributed by atoms with Crippen molar-refractivity contribution in [2.75, 3.05) is 5.32 Å². The molecule has 1 aromatic rings. The van der Waals surface area contributed by atoms with E-state index in [1.54, 1.807) is 11.3 Å². The standard InChI is InChI=1S/C14H23N3OS/c1-3-7-10(2)12(18)15-14-17-16-13(19-14)11-8-5-4-6-9-11/h10-11H,3-9H2,1-2H3,(H,15,17,18)/t10-/m1/s1. The molecule has 1 atom stereocenters. The van der Waals surface area contributed by atoms with Gasteiger partial charge in [0.05, 0.1) is 0 Å². The van der Waals surface area contributed by atoms with Crippen molar-refractivity contribution in [3.05, 3.63) is 5.01 Å². The quantitative estimate of drug-likeness (QED) is 0.888. The minimum atomic E-state index is 0.0482. The van der Waals surface area contributed by atoms with Gasteiger partial charge in [-0.2, -0.15) is 0 Å². The molecule has 0 aromatic carbocycles. The van der Waals surface area contributed by atoms with Crippen LogP contribution in [-0.4, -0.2) is 16.1 Å². The van der Waals surface area contributed by atoms with E-state index < -0.39 is 0 Å². The predicted molar refractivity (Wildman–Crippen MR) is 78.4 cm³/mol. The van der Waals surface area contributed by atoms with E-state index in [0.29, 0.717) is 11.0 Å². The molecule has 1 N–H and O–H groups in total. The highest BCUT2D eigenvalue weighted by Crippen LogP contribution is 2.35. The number of nitrogens with zero attached hydrogens (tertiary/aromatic N) is 2. The molecule has 0 radical (unpaired) electrons. The van der Waals surface area contributed by atoms with Crippen LogP contribution in [0, 0.1) is 5.92 Å². The van der Waals surface area contributed by atoms with Gasteiger partial charge in [0.15, 0.2) is 0 Å². The molecule has 1 aliphatic carbocycles. The van der Waals surface area contributed by atoms with Crippen LogP contribution in [-0.2, 0) is 4.79 Å². The lowest BCUT2D eigenvalue weighted by Crippen LogP contribution is -2.20. The van der Waals surface area contributed by atoms with Crippen molar-refractivity contribution in [1.82, 2.24) is 10.2 Å². The Bertz CT molecular complexity index is 413. The van der Waals surface area contributed by atoms with Crippen LogP contribution in [0.5, 0.6) is 0 Å². The maximum absolute atomic E-state index is 11.9. The average molecular weight is 281 g/mol. The van der Waals surface area contributed by atoms with Gasteiger partial charge in [-0.25, -0.2) is 0 Å². The number of anilines is 1. The van der Waals surface area contributed by atoms with Crippen molar-refractivity contribution in [2.45, 2.75) is 64.7 Å². The Labute approximate surface area is 119 Å². The van der Waals surface area contributed by atoms with Crippen molar-refractivity contribution in [2.24, 2.45) is 5.92 Å². The van der Waals surface area contributed by atoms with Crippen molar-refractivity contribution < 1.29 is 4.79 Å². The molecule has 1 heterocycles. The molecule has 2 rings (SSSR count). The van der Waals surface area contributed by atoms with Crippen LogP contribution in [0.25, 0.3) is 0 Å². The predicted octanol–water partition coefficient (Wildman–Crippen LogP) is 3.96. The minimum Gasteiger partial charge on any atom is -0.300 e. The zero-order chi connectivity index (χ0) is 13.7. The molecule has 0 bridgehead atoms. The molecule has 4 nitrogen and oxygen atoms in total. The number of carbonyl (C=O) groups excluding carboxylic acids is 1. The van der Waals surface area contributed by atoms with E-state index in [-0.39, 0.29) is 11.8 Å². The molecule has 0 saturated heterocycles. The van der Waals surface area contributed by atoms with Gasteiger partial charge in [-0.05, 0) is 19.3 Å². The van der Waals surface area contributed by atoms with Gasteiger partial charge >= 0.3 is 0 Å². The molecule has 0 unspecified atom stereocenters. The van der Waals surface area contributed by atoms with Crippen molar-refractivity contribution in [1.29, 1.82) is 0 Å². The second kappa shape index (κ2) is 6.98. The first kappa shape index (κ1) is 14.4. The zero-order valence-corrected chi connectivity index (χ0v) is 12.6. The number of aromatic nitrogens is 2. The number of hydrogen-bond donors (Lipinski definition) is 1. The Balaban J connectivity index is 1.91. The number of amides is 1. The van der Waals surface area contributed by atoms with Gasteiger partial charge < -0.3 is 5.32 Å². The van der Waals surface area contributed by atoms with Crippen LogP contribution < -0.4 is 5.32 Å². The second-order valence-electron chi connectivity index (χ2n) is 5.46. The molecule has 1 aliphatic rings. The van der Waals surface area contributed by atoms with Gasteiger partial charge in [-0.3, -0.25) is 4.79 Å². The number of rotatable bonds is 5. The minimum absolute atomic E-state index is 0.0482. The first-order chi connectivity index (χ1) is 9.20. The number of nitrogens with one attached hydrogen (secondary N) is 1. The van der Waals surface area contributed by atoms with Crippen molar-refractivity contribution >= 4 is 22.4 Å². The summed E-state index contributed by atoms with van der Waals surface area (Å²) >= 11 is 1.55. The molecule has 1 aromatic heterocycles. The van der Waals surface area contributed by atoms with E-state index in [1.165, 1.54) is 32.1 Å². The fourth-order valence-corrected chi connectivity index (χ4v) is 3.51. The van der Waals surface area contributed by atoms with Crippen LogP contribution in [0.4, 0.5) is 5.13 Å². The lowest BCUT2D eigenvalue weighted by molar-refractivity contribution is -0.119. The summed E-state index contributed by atoms with van der Waals surface area (Å²) in [7, 11) is 0. The third kappa shape index (κ3) is 4.00. The first-order valence-corrected chi connectivity index (χ1v) is 8.16. The first-order valence-electron chi connectivity index (χ1n) is 7.35. The van der Waals surface area contributed by atoms with E-state index in [2.05, 4.69) is 22.4 Å². The molecule has 5 heteroatoms. The third-order valence-electron chi connectivity index (χ3n) is 3.79. The van der Waals surface area contributed by atoms with Crippen LogP contribution in [0.1, 0.15) is 69.7 Å². The normalized spacial score (nSPS) is 18.2. The average Bonchev–Trinajstić information content (AvgIpc) is 2.88. The van der Waals surface area contributed by atoms with E-state index in [4.69, 9.17) is 0 Å². The van der Waals surface area contributed by atoms with Gasteiger partial charge in [0.2, 0.25) is 11.0 Å². The van der Waals surface area contributed by atoms with Crippen LogP contribution in [0.2, 0.25) is 0 Å². The Hall–Kier alpha value is -0.970. The smallest absolute Gasteiger partial charge is 0.229 e. The molecule has 1 amide bonds. The summed E-state index contributed by atoms with van der Waals surface area (Å²) in [5, 5.41) is 13.0. The summed E-state index contributed by atoms with van der Waals surface area (Å²) in [5.41, 5.74) is 0. The van der Waals surface area contributed by atoms with Gasteiger partial charge in [0.25, 0.3) is 0 Å². The maximum Gasteiger partial charge on any atom is 0.229 e. The summed E-state index contributed by atoms with van der Waals surface area (Å²) in [5.74, 6) is 0.671. The van der Waals surface area contributed by atoms with Crippen molar-refractivity contribution in [3.8, 4) is 0 Å². The van der Waals surface area contributed by atoms with E-state index in [1.807, 2.05) is 6.92 Å². The molecule has 19 heavy (non-hydrogen) atoms. The zero-order valence-electron chi connectivity index (χ0n) is 11.8. The Morgan fingerprint density at radius 1 is 1.37 bits per heavy atom. The molecule has 1 fully saturated rings. The second-order valence-corrected chi connectivity index (χ2v) is 6.47. The Morgan fingerprint density at radius 2 is 2.11 bits per heavy atom. The van der Waals surface area contributed by atoms with E-state index >= 15 is 0 Å². The highest BCUT2D eigenvalue weighted by atomic mass is 32.1. The molecular weight excluding hydrogens is 258 g/mol. The SMILES string of the molecule is CCC[C@@H](C)C(=O)Nc1nnc(C2CCCCC2)s1. The van der Waals surface area contributed by atoms with Crippen LogP contribution >= 0.6 is 11.3 Å². The number of carbonyl (C=O) groups is 1. The lowest BCUT2D eigenvalue weighted by atomic mass is 9.90. The third-order valence-corrected chi connectivity index (χ3v) is 4.80. The summed E-state index contributed by atoms with van der Waals surface area (Å²) < 4.78 is 0. The topological polar surface area (TPSA) is 54.9 Å². The fourth-order valence-electron chi connectivity index (χ4n) is 2.59. The number of hydrogen-bond acceptors (Lipinski definition) is 4.